The smallest absolute Gasteiger partial charge is 0.141 e. The highest BCUT2D eigenvalue weighted by atomic mass is 79.9. The number of nitrogens with one attached hydrogen (secondary N) is 1. The van der Waals surface area contributed by atoms with E-state index in [4.69, 9.17) is 0 Å². The van der Waals surface area contributed by atoms with Gasteiger partial charge in [0.2, 0.25) is 0 Å². The Kier molecular flexibility index (Phi) is 4.17. The molecule has 0 radical (unpaired) electrons. The summed E-state index contributed by atoms with van der Waals surface area (Å²) in [5.41, 5.74) is 0.655. The lowest BCUT2D eigenvalue weighted by atomic mass is 9.97. The van der Waals surface area contributed by atoms with Gasteiger partial charge in [0.25, 0.3) is 0 Å². The van der Waals surface area contributed by atoms with Crippen molar-refractivity contribution in [3.05, 3.63) is 58.6 Å². The molecule has 5 heteroatoms. The van der Waals surface area contributed by atoms with Crippen molar-refractivity contribution in [3.63, 3.8) is 0 Å². The number of hydrogen-bond acceptors (Lipinski definition) is 3. The van der Waals surface area contributed by atoms with E-state index in [-0.39, 0.29) is 6.61 Å². The van der Waals surface area contributed by atoms with Crippen molar-refractivity contribution in [2.45, 2.75) is 12.5 Å². The molecule has 2 N–H and O–H groups in total. The Bertz CT molecular complexity index is 562. The summed E-state index contributed by atoms with van der Waals surface area (Å²) in [4.78, 5) is 4.03. The van der Waals surface area contributed by atoms with Crippen LogP contribution in [0.3, 0.4) is 0 Å². The Morgan fingerprint density at radius 3 is 2.74 bits per heavy atom. The van der Waals surface area contributed by atoms with Crippen LogP contribution in [0.25, 0.3) is 0 Å². The van der Waals surface area contributed by atoms with Gasteiger partial charge in [-0.25, -0.2) is 4.39 Å². The summed E-state index contributed by atoms with van der Waals surface area (Å²) in [7, 11) is 0. The van der Waals surface area contributed by atoms with Gasteiger partial charge in [-0.15, -0.1) is 0 Å². The lowest BCUT2D eigenvalue weighted by molar-refractivity contribution is 0.221. The molecular weight excluding hydrogens is 311 g/mol. The summed E-state index contributed by atoms with van der Waals surface area (Å²) in [6.07, 6.45) is 1.14. The molecule has 0 aliphatic rings. The number of anilines is 1. The summed E-state index contributed by atoms with van der Waals surface area (Å²) in [6, 6.07) is 10.5. The van der Waals surface area contributed by atoms with Crippen LogP contribution in [-0.2, 0) is 5.54 Å². The summed E-state index contributed by atoms with van der Waals surface area (Å²) in [6.45, 7) is 1.66. The minimum atomic E-state index is -0.769. The molecule has 0 aliphatic heterocycles. The molecule has 3 nitrogen and oxygen atoms in total. The first-order valence-corrected chi connectivity index (χ1v) is 6.59. The monoisotopic (exact) mass is 324 g/mol. The summed E-state index contributed by atoms with van der Waals surface area (Å²) in [5, 5.41) is 12.8. The molecule has 0 spiro atoms. The van der Waals surface area contributed by atoms with Crippen LogP contribution in [0.1, 0.15) is 12.6 Å². The fourth-order valence-electron chi connectivity index (χ4n) is 1.77. The van der Waals surface area contributed by atoms with Crippen molar-refractivity contribution >= 4 is 21.6 Å². The Morgan fingerprint density at radius 1 is 1.37 bits per heavy atom. The largest absolute Gasteiger partial charge is 0.394 e. The predicted octanol–water partition coefficient (Wildman–Crippen LogP) is 3.30. The van der Waals surface area contributed by atoms with E-state index in [0.717, 1.165) is 16.4 Å². The Balaban J connectivity index is 2.29. The van der Waals surface area contributed by atoms with Gasteiger partial charge < -0.3 is 10.4 Å². The van der Waals surface area contributed by atoms with E-state index in [1.165, 1.54) is 6.07 Å². The predicted molar refractivity (Wildman–Crippen MR) is 76.4 cm³/mol. The van der Waals surface area contributed by atoms with E-state index in [9.17, 15) is 9.50 Å². The highest BCUT2D eigenvalue weighted by molar-refractivity contribution is 9.10. The summed E-state index contributed by atoms with van der Waals surface area (Å²) in [5.74, 6) is -0.397. The van der Waals surface area contributed by atoms with Crippen molar-refractivity contribution in [3.8, 4) is 0 Å². The molecule has 0 bridgehead atoms. The van der Waals surface area contributed by atoms with Gasteiger partial charge in [0.15, 0.2) is 0 Å². The third kappa shape index (κ3) is 3.30. The van der Waals surface area contributed by atoms with Crippen LogP contribution < -0.4 is 5.32 Å². The number of nitrogens with zero attached hydrogens (tertiary/aromatic N) is 1. The highest BCUT2D eigenvalue weighted by Crippen LogP contribution is 2.26. The second kappa shape index (κ2) is 5.67. The van der Waals surface area contributed by atoms with Gasteiger partial charge in [-0.2, -0.15) is 0 Å². The average Bonchev–Trinajstić information content (AvgIpc) is 2.39. The van der Waals surface area contributed by atoms with E-state index >= 15 is 0 Å². The fraction of sp³-hybridized carbons (Fsp3) is 0.214. The topological polar surface area (TPSA) is 45.1 Å². The molecule has 100 valence electrons. The average molecular weight is 325 g/mol. The Hall–Kier alpha value is -1.46. The van der Waals surface area contributed by atoms with Gasteiger partial charge >= 0.3 is 0 Å². The standard InChI is InChI=1S/C14H14BrFN2O/c1-14(9-19,13-6-5-11(16)8-17-13)18-12-4-2-3-10(15)7-12/h2-8,18-19H,9H2,1H3. The first kappa shape index (κ1) is 14.0. The van der Waals surface area contributed by atoms with Gasteiger partial charge in [-0.3, -0.25) is 4.98 Å². The first-order valence-electron chi connectivity index (χ1n) is 5.80. The van der Waals surface area contributed by atoms with Gasteiger partial charge in [0, 0.05) is 10.2 Å². The molecule has 0 saturated carbocycles. The fourth-order valence-corrected chi connectivity index (χ4v) is 2.17. The Morgan fingerprint density at radius 2 is 2.16 bits per heavy atom. The maximum Gasteiger partial charge on any atom is 0.141 e. The van der Waals surface area contributed by atoms with E-state index in [0.29, 0.717) is 5.69 Å². The first-order chi connectivity index (χ1) is 9.03. The van der Waals surface area contributed by atoms with Crippen molar-refractivity contribution in [1.82, 2.24) is 4.98 Å². The van der Waals surface area contributed by atoms with E-state index in [1.807, 2.05) is 31.2 Å². The minimum absolute atomic E-state index is 0.155. The number of rotatable bonds is 4. The van der Waals surface area contributed by atoms with Crippen molar-refractivity contribution in [2.24, 2.45) is 0 Å². The van der Waals surface area contributed by atoms with E-state index < -0.39 is 11.4 Å². The number of halogens is 2. The number of benzene rings is 1. The number of aromatic nitrogens is 1. The van der Waals surface area contributed by atoms with Gasteiger partial charge in [0.05, 0.1) is 24.0 Å². The summed E-state index contributed by atoms with van der Waals surface area (Å²) < 4.78 is 13.8. The molecule has 0 fully saturated rings. The summed E-state index contributed by atoms with van der Waals surface area (Å²) >= 11 is 3.39. The molecule has 0 aliphatic carbocycles. The zero-order valence-corrected chi connectivity index (χ0v) is 12.0. The minimum Gasteiger partial charge on any atom is -0.394 e. The molecule has 0 amide bonds. The van der Waals surface area contributed by atoms with Crippen LogP contribution in [0.2, 0.25) is 0 Å². The second-order valence-corrected chi connectivity index (χ2v) is 5.40. The van der Waals surface area contributed by atoms with Crippen molar-refractivity contribution in [1.29, 1.82) is 0 Å². The number of aliphatic hydroxyl groups excluding tert-OH is 1. The zero-order chi connectivity index (χ0) is 13.9. The lowest BCUT2D eigenvalue weighted by Crippen LogP contribution is -2.36. The molecule has 1 heterocycles. The highest BCUT2D eigenvalue weighted by Gasteiger charge is 2.27. The number of pyridine rings is 1. The van der Waals surface area contributed by atoms with Gasteiger partial charge in [0.1, 0.15) is 5.82 Å². The molecule has 1 atom stereocenters. The normalized spacial score (nSPS) is 13.9. The molecule has 2 aromatic rings. The molecule has 2 rings (SSSR count). The second-order valence-electron chi connectivity index (χ2n) is 4.49. The number of hydrogen-bond donors (Lipinski definition) is 2. The molecule has 0 saturated heterocycles. The third-order valence-corrected chi connectivity index (χ3v) is 3.35. The molecule has 1 aromatic heterocycles. The van der Waals surface area contributed by atoms with Crippen LogP contribution >= 0.6 is 15.9 Å². The van der Waals surface area contributed by atoms with E-state index in [2.05, 4.69) is 26.2 Å². The number of aliphatic hydroxyl groups is 1. The quantitative estimate of drug-likeness (QED) is 0.907. The maximum atomic E-state index is 12.9. The van der Waals surface area contributed by atoms with Crippen LogP contribution in [0, 0.1) is 5.82 Å². The molecule has 1 aromatic carbocycles. The van der Waals surface area contributed by atoms with Gasteiger partial charge in [-0.05, 0) is 37.3 Å². The Labute approximate surface area is 119 Å². The van der Waals surface area contributed by atoms with Gasteiger partial charge in [-0.1, -0.05) is 22.0 Å². The molecule has 19 heavy (non-hydrogen) atoms. The van der Waals surface area contributed by atoms with Crippen LogP contribution in [0.5, 0.6) is 0 Å². The van der Waals surface area contributed by atoms with Crippen LogP contribution in [0.4, 0.5) is 10.1 Å². The molecule has 1 unspecified atom stereocenters. The third-order valence-electron chi connectivity index (χ3n) is 2.85. The SMILES string of the molecule is CC(CO)(Nc1cccc(Br)c1)c1ccc(F)cn1. The van der Waals surface area contributed by atoms with Crippen LogP contribution in [0.15, 0.2) is 47.1 Å². The lowest BCUT2D eigenvalue weighted by Gasteiger charge is -2.29. The van der Waals surface area contributed by atoms with E-state index in [1.54, 1.807) is 6.07 Å². The molecular formula is C14H14BrFN2O. The zero-order valence-electron chi connectivity index (χ0n) is 10.4. The maximum absolute atomic E-state index is 12.9. The van der Waals surface area contributed by atoms with Crippen molar-refractivity contribution < 1.29 is 9.50 Å². The van der Waals surface area contributed by atoms with Crippen LogP contribution in [-0.4, -0.2) is 16.7 Å². The van der Waals surface area contributed by atoms with Crippen molar-refractivity contribution in [2.75, 3.05) is 11.9 Å².